The van der Waals surface area contributed by atoms with Crippen LogP contribution in [0.1, 0.15) is 41.6 Å². The Balaban J connectivity index is 1.78. The standard InChI is InChI=1S/C21H22O2/c22-20(15-8-3-1-4-9-15)19-18-13-7-10-16(18)14-21(19,23)17-11-5-2-6-12-17/h1-6,8-9,11-12,16,18-19,23H,7,10,13-14H2/t16-,18-,19-,21+/m0/s1. The van der Waals surface area contributed by atoms with Crippen LogP contribution in [0.15, 0.2) is 60.7 Å². The van der Waals surface area contributed by atoms with Crippen molar-refractivity contribution >= 4 is 5.78 Å². The van der Waals surface area contributed by atoms with Crippen LogP contribution in [0.4, 0.5) is 0 Å². The summed E-state index contributed by atoms with van der Waals surface area (Å²) in [6.07, 6.45) is 4.09. The van der Waals surface area contributed by atoms with Crippen molar-refractivity contribution in [1.82, 2.24) is 0 Å². The van der Waals surface area contributed by atoms with E-state index in [4.69, 9.17) is 0 Å². The van der Waals surface area contributed by atoms with E-state index in [0.717, 1.165) is 24.0 Å². The first-order chi connectivity index (χ1) is 11.2. The minimum Gasteiger partial charge on any atom is -0.384 e. The van der Waals surface area contributed by atoms with E-state index in [0.29, 0.717) is 18.3 Å². The molecule has 2 aliphatic carbocycles. The first-order valence-electron chi connectivity index (χ1n) is 8.57. The molecule has 4 rings (SSSR count). The third kappa shape index (κ3) is 2.33. The molecule has 0 heterocycles. The third-order valence-corrected chi connectivity index (χ3v) is 5.85. The number of benzene rings is 2. The molecule has 1 N–H and O–H groups in total. The van der Waals surface area contributed by atoms with Crippen molar-refractivity contribution in [2.24, 2.45) is 17.8 Å². The second-order valence-corrected chi connectivity index (χ2v) is 7.06. The van der Waals surface area contributed by atoms with Gasteiger partial charge in [-0.3, -0.25) is 4.79 Å². The minimum atomic E-state index is -1.02. The molecule has 0 spiro atoms. The number of carbonyl (C=O) groups is 1. The van der Waals surface area contributed by atoms with Crippen LogP contribution in [-0.4, -0.2) is 10.9 Å². The molecule has 2 saturated carbocycles. The average molecular weight is 306 g/mol. The van der Waals surface area contributed by atoms with Crippen LogP contribution >= 0.6 is 0 Å². The van der Waals surface area contributed by atoms with Gasteiger partial charge in [-0.15, -0.1) is 0 Å². The van der Waals surface area contributed by atoms with Gasteiger partial charge in [-0.05, 0) is 30.2 Å². The Morgan fingerprint density at radius 2 is 1.61 bits per heavy atom. The topological polar surface area (TPSA) is 37.3 Å². The van der Waals surface area contributed by atoms with Crippen molar-refractivity contribution in [3.8, 4) is 0 Å². The van der Waals surface area contributed by atoms with Gasteiger partial charge in [0.25, 0.3) is 0 Å². The highest BCUT2D eigenvalue weighted by Crippen LogP contribution is 2.57. The highest BCUT2D eigenvalue weighted by molar-refractivity contribution is 5.99. The van der Waals surface area contributed by atoms with E-state index in [1.165, 1.54) is 6.42 Å². The SMILES string of the molecule is O=C(c1ccccc1)[C@@H]1[C@H]2CCC[C@H]2C[C@@]1(O)c1ccccc1. The summed E-state index contributed by atoms with van der Waals surface area (Å²) in [7, 11) is 0. The molecule has 0 amide bonds. The fraction of sp³-hybridized carbons (Fsp3) is 0.381. The van der Waals surface area contributed by atoms with E-state index in [2.05, 4.69) is 0 Å². The Kier molecular flexibility index (Phi) is 3.57. The Morgan fingerprint density at radius 3 is 2.30 bits per heavy atom. The van der Waals surface area contributed by atoms with E-state index in [1.807, 2.05) is 60.7 Å². The molecule has 2 nitrogen and oxygen atoms in total. The molecule has 0 bridgehead atoms. The lowest BCUT2D eigenvalue weighted by Gasteiger charge is -2.32. The maximum absolute atomic E-state index is 13.2. The maximum atomic E-state index is 13.2. The summed E-state index contributed by atoms with van der Waals surface area (Å²) in [5.74, 6) is 0.567. The van der Waals surface area contributed by atoms with Gasteiger partial charge < -0.3 is 5.11 Å². The molecule has 2 aliphatic rings. The van der Waals surface area contributed by atoms with Gasteiger partial charge in [-0.2, -0.15) is 0 Å². The normalized spacial score (nSPS) is 32.7. The van der Waals surface area contributed by atoms with Crippen LogP contribution in [0.25, 0.3) is 0 Å². The van der Waals surface area contributed by atoms with Crippen molar-refractivity contribution in [3.05, 3.63) is 71.8 Å². The van der Waals surface area contributed by atoms with Gasteiger partial charge in [-0.25, -0.2) is 0 Å². The lowest BCUT2D eigenvalue weighted by Crippen LogP contribution is -2.38. The number of Topliss-reactive ketones (excluding diaryl/α,β-unsaturated/α-hetero) is 1. The quantitative estimate of drug-likeness (QED) is 0.863. The molecule has 0 aromatic heterocycles. The summed E-state index contributed by atoms with van der Waals surface area (Å²) in [6.45, 7) is 0. The molecule has 0 aliphatic heterocycles. The summed E-state index contributed by atoms with van der Waals surface area (Å²) in [4.78, 5) is 13.2. The van der Waals surface area contributed by atoms with E-state index >= 15 is 0 Å². The molecule has 0 unspecified atom stereocenters. The highest BCUT2D eigenvalue weighted by atomic mass is 16.3. The van der Waals surface area contributed by atoms with Gasteiger partial charge in [-0.1, -0.05) is 73.5 Å². The van der Waals surface area contributed by atoms with Crippen molar-refractivity contribution in [3.63, 3.8) is 0 Å². The van der Waals surface area contributed by atoms with Crippen LogP contribution in [-0.2, 0) is 5.60 Å². The number of rotatable bonds is 3. The summed E-state index contributed by atoms with van der Waals surface area (Å²) in [6, 6.07) is 19.2. The predicted molar refractivity (Wildman–Crippen MR) is 90.0 cm³/mol. The van der Waals surface area contributed by atoms with Crippen molar-refractivity contribution in [2.75, 3.05) is 0 Å². The molecule has 2 heteroatoms. The van der Waals surface area contributed by atoms with E-state index in [1.54, 1.807) is 0 Å². The first-order valence-corrected chi connectivity index (χ1v) is 8.57. The fourth-order valence-electron chi connectivity index (χ4n) is 4.86. The van der Waals surface area contributed by atoms with E-state index in [9.17, 15) is 9.90 Å². The van der Waals surface area contributed by atoms with E-state index in [-0.39, 0.29) is 11.7 Å². The zero-order valence-electron chi connectivity index (χ0n) is 13.2. The lowest BCUT2D eigenvalue weighted by molar-refractivity contribution is -0.00714. The molecule has 2 fully saturated rings. The van der Waals surface area contributed by atoms with Crippen LogP contribution in [0, 0.1) is 17.8 Å². The van der Waals surface area contributed by atoms with Gasteiger partial charge in [0.2, 0.25) is 0 Å². The van der Waals surface area contributed by atoms with Crippen molar-refractivity contribution in [2.45, 2.75) is 31.3 Å². The zero-order chi connectivity index (χ0) is 15.9. The second kappa shape index (κ2) is 5.61. The fourth-order valence-corrected chi connectivity index (χ4v) is 4.86. The average Bonchev–Trinajstić information content (AvgIpc) is 3.14. The van der Waals surface area contributed by atoms with Crippen molar-refractivity contribution < 1.29 is 9.90 Å². The summed E-state index contributed by atoms with van der Waals surface area (Å²) in [5, 5.41) is 11.5. The molecule has 118 valence electrons. The highest BCUT2D eigenvalue weighted by Gasteiger charge is 2.57. The van der Waals surface area contributed by atoms with Gasteiger partial charge in [0.05, 0.1) is 5.92 Å². The third-order valence-electron chi connectivity index (χ3n) is 5.85. The van der Waals surface area contributed by atoms with Crippen LogP contribution in [0.5, 0.6) is 0 Å². The number of carbonyl (C=O) groups excluding carboxylic acids is 1. The molecular weight excluding hydrogens is 284 g/mol. The minimum absolute atomic E-state index is 0.103. The Bertz CT molecular complexity index is 694. The number of ketones is 1. The van der Waals surface area contributed by atoms with Crippen LogP contribution < -0.4 is 0 Å². The summed E-state index contributed by atoms with van der Waals surface area (Å²) in [5.41, 5.74) is 0.590. The summed E-state index contributed by atoms with van der Waals surface area (Å²) >= 11 is 0. The van der Waals surface area contributed by atoms with Gasteiger partial charge >= 0.3 is 0 Å². The van der Waals surface area contributed by atoms with Crippen molar-refractivity contribution in [1.29, 1.82) is 0 Å². The monoisotopic (exact) mass is 306 g/mol. The molecule has 2 aromatic rings. The number of hydrogen-bond donors (Lipinski definition) is 1. The van der Waals surface area contributed by atoms with Crippen LogP contribution in [0.3, 0.4) is 0 Å². The smallest absolute Gasteiger partial charge is 0.169 e. The number of aliphatic hydroxyl groups is 1. The largest absolute Gasteiger partial charge is 0.384 e. The second-order valence-electron chi connectivity index (χ2n) is 7.06. The Hall–Kier alpha value is -1.93. The molecule has 23 heavy (non-hydrogen) atoms. The van der Waals surface area contributed by atoms with E-state index < -0.39 is 5.60 Å². The van der Waals surface area contributed by atoms with Crippen LogP contribution in [0.2, 0.25) is 0 Å². The van der Waals surface area contributed by atoms with Gasteiger partial charge in [0.15, 0.2) is 5.78 Å². The Morgan fingerprint density at radius 1 is 0.957 bits per heavy atom. The maximum Gasteiger partial charge on any atom is 0.169 e. The molecular formula is C21H22O2. The lowest BCUT2D eigenvalue weighted by atomic mass is 9.76. The molecule has 4 atom stereocenters. The summed E-state index contributed by atoms with van der Waals surface area (Å²) < 4.78 is 0. The van der Waals surface area contributed by atoms with Gasteiger partial charge in [0, 0.05) is 5.56 Å². The number of fused-ring (bicyclic) bond motifs is 1. The van der Waals surface area contributed by atoms with Gasteiger partial charge in [0.1, 0.15) is 5.60 Å². The molecule has 2 aromatic carbocycles. The molecule has 0 radical (unpaired) electrons. The molecule has 0 saturated heterocycles. The zero-order valence-corrected chi connectivity index (χ0v) is 13.2. The first kappa shape index (κ1) is 14.6. The number of hydrogen-bond acceptors (Lipinski definition) is 2. The predicted octanol–water partition coefficient (Wildman–Crippen LogP) is 4.19. The Labute approximate surface area is 137 Å².